The van der Waals surface area contributed by atoms with Crippen molar-refractivity contribution < 1.29 is 0 Å². The van der Waals surface area contributed by atoms with E-state index < -0.39 is 0 Å². The van der Waals surface area contributed by atoms with Crippen LogP contribution in [0.2, 0.25) is 0 Å². The first kappa shape index (κ1) is 14.3. The second kappa shape index (κ2) is 6.88. The summed E-state index contributed by atoms with van der Waals surface area (Å²) < 4.78 is 0. The summed E-state index contributed by atoms with van der Waals surface area (Å²) in [6.07, 6.45) is 7.11. The molecule has 1 N–H and O–H groups in total. The van der Waals surface area contributed by atoms with E-state index >= 15 is 0 Å². The molecule has 1 saturated heterocycles. The van der Waals surface area contributed by atoms with Crippen molar-refractivity contribution in [3.63, 3.8) is 0 Å². The quantitative estimate of drug-likeness (QED) is 0.806. The van der Waals surface area contributed by atoms with Crippen LogP contribution >= 0.6 is 0 Å². The monoisotopic (exact) mass is 253 g/mol. The molecule has 0 aromatic rings. The molecule has 3 heteroatoms. The average Bonchev–Trinajstić information content (AvgIpc) is 2.72. The number of nitrogens with zero attached hydrogens (tertiary/aromatic N) is 2. The third kappa shape index (κ3) is 3.94. The predicted molar refractivity (Wildman–Crippen MR) is 78.0 cm³/mol. The summed E-state index contributed by atoms with van der Waals surface area (Å²) in [6, 6.07) is 1.56. The molecule has 0 radical (unpaired) electrons. The molecule has 2 rings (SSSR count). The maximum atomic E-state index is 3.75. The van der Waals surface area contributed by atoms with Gasteiger partial charge in [0.25, 0.3) is 0 Å². The van der Waals surface area contributed by atoms with Crippen LogP contribution in [0, 0.1) is 5.92 Å². The van der Waals surface area contributed by atoms with Gasteiger partial charge in [-0.05, 0) is 32.9 Å². The van der Waals surface area contributed by atoms with Crippen molar-refractivity contribution in [2.24, 2.45) is 5.92 Å². The molecule has 2 aliphatic rings. The molecule has 2 unspecified atom stereocenters. The fraction of sp³-hybridized carbons (Fsp3) is 1.00. The van der Waals surface area contributed by atoms with Gasteiger partial charge in [0.15, 0.2) is 0 Å². The largest absolute Gasteiger partial charge is 0.313 e. The van der Waals surface area contributed by atoms with Gasteiger partial charge in [0.2, 0.25) is 0 Å². The van der Waals surface area contributed by atoms with E-state index in [1.54, 1.807) is 0 Å². The van der Waals surface area contributed by atoms with E-state index in [2.05, 4.69) is 36.1 Å². The van der Waals surface area contributed by atoms with Crippen LogP contribution in [-0.2, 0) is 0 Å². The summed E-state index contributed by atoms with van der Waals surface area (Å²) in [5.74, 6) is 0.815. The number of rotatable bonds is 5. The van der Waals surface area contributed by atoms with Crippen LogP contribution in [0.1, 0.15) is 39.0 Å². The summed E-state index contributed by atoms with van der Waals surface area (Å²) in [7, 11) is 4.43. The van der Waals surface area contributed by atoms with Crippen LogP contribution in [0.25, 0.3) is 0 Å². The van der Waals surface area contributed by atoms with Gasteiger partial charge in [0, 0.05) is 38.3 Å². The van der Waals surface area contributed by atoms with E-state index in [4.69, 9.17) is 0 Å². The van der Waals surface area contributed by atoms with Crippen molar-refractivity contribution >= 4 is 0 Å². The molecular weight excluding hydrogens is 222 g/mol. The molecule has 0 spiro atoms. The molecule has 1 aliphatic carbocycles. The summed E-state index contributed by atoms with van der Waals surface area (Å²) in [4.78, 5) is 5.02. The van der Waals surface area contributed by atoms with Crippen LogP contribution in [0.3, 0.4) is 0 Å². The highest BCUT2D eigenvalue weighted by Gasteiger charge is 2.30. The lowest BCUT2D eigenvalue weighted by molar-refractivity contribution is 0.250. The maximum absolute atomic E-state index is 3.75. The standard InChI is InChI=1S/C15H31N3/c1-13-11-18(12-15(13)17(2)3)10-9-16-14-7-5-4-6-8-14/h13-16H,4-12H2,1-3H3. The summed E-state index contributed by atoms with van der Waals surface area (Å²) >= 11 is 0. The van der Waals surface area contributed by atoms with Crippen molar-refractivity contribution in [2.45, 2.75) is 51.1 Å². The van der Waals surface area contributed by atoms with Gasteiger partial charge < -0.3 is 15.1 Å². The minimum atomic E-state index is 0.750. The molecule has 1 heterocycles. The molecule has 1 aliphatic heterocycles. The van der Waals surface area contributed by atoms with Crippen molar-refractivity contribution in [3.05, 3.63) is 0 Å². The molecule has 0 aromatic heterocycles. The Balaban J connectivity index is 1.62. The highest BCUT2D eigenvalue weighted by Crippen LogP contribution is 2.20. The third-order valence-electron chi connectivity index (χ3n) is 4.78. The number of hydrogen-bond donors (Lipinski definition) is 1. The van der Waals surface area contributed by atoms with Crippen molar-refractivity contribution in [1.82, 2.24) is 15.1 Å². The molecule has 0 amide bonds. The Bertz CT molecular complexity index is 236. The van der Waals surface area contributed by atoms with E-state index in [1.807, 2.05) is 0 Å². The first-order chi connectivity index (χ1) is 8.66. The van der Waals surface area contributed by atoms with Gasteiger partial charge in [0.05, 0.1) is 0 Å². The maximum Gasteiger partial charge on any atom is 0.0254 e. The lowest BCUT2D eigenvalue weighted by Gasteiger charge is -2.25. The van der Waals surface area contributed by atoms with E-state index in [1.165, 1.54) is 58.3 Å². The second-order valence-corrected chi connectivity index (χ2v) is 6.56. The number of likely N-dealkylation sites (N-methyl/N-ethyl adjacent to an activating group) is 1. The summed E-state index contributed by atoms with van der Waals surface area (Å²) in [5.41, 5.74) is 0. The van der Waals surface area contributed by atoms with Crippen LogP contribution < -0.4 is 5.32 Å². The van der Waals surface area contributed by atoms with Gasteiger partial charge in [0.1, 0.15) is 0 Å². The van der Waals surface area contributed by atoms with Crippen LogP contribution in [0.4, 0.5) is 0 Å². The zero-order valence-electron chi connectivity index (χ0n) is 12.5. The van der Waals surface area contributed by atoms with Gasteiger partial charge in [-0.3, -0.25) is 0 Å². The average molecular weight is 253 g/mol. The number of nitrogens with one attached hydrogen (secondary N) is 1. The van der Waals surface area contributed by atoms with Crippen molar-refractivity contribution in [1.29, 1.82) is 0 Å². The third-order valence-corrected chi connectivity index (χ3v) is 4.78. The highest BCUT2D eigenvalue weighted by molar-refractivity contribution is 4.86. The molecule has 0 bridgehead atoms. The zero-order valence-corrected chi connectivity index (χ0v) is 12.5. The smallest absolute Gasteiger partial charge is 0.0254 e. The van der Waals surface area contributed by atoms with Gasteiger partial charge in [-0.2, -0.15) is 0 Å². The van der Waals surface area contributed by atoms with E-state index in [0.29, 0.717) is 0 Å². The van der Waals surface area contributed by atoms with Gasteiger partial charge in [-0.1, -0.05) is 26.2 Å². The Hall–Kier alpha value is -0.120. The van der Waals surface area contributed by atoms with Gasteiger partial charge in [-0.25, -0.2) is 0 Å². The number of likely N-dealkylation sites (tertiary alicyclic amines) is 1. The normalized spacial score (nSPS) is 31.3. The van der Waals surface area contributed by atoms with Gasteiger partial charge >= 0.3 is 0 Å². The SMILES string of the molecule is CC1CN(CCNC2CCCCC2)CC1N(C)C. The molecule has 0 aromatic carbocycles. The highest BCUT2D eigenvalue weighted by atomic mass is 15.2. The first-order valence-electron chi connectivity index (χ1n) is 7.79. The first-order valence-corrected chi connectivity index (χ1v) is 7.79. The zero-order chi connectivity index (χ0) is 13.0. The second-order valence-electron chi connectivity index (χ2n) is 6.56. The Morgan fingerprint density at radius 1 is 1.11 bits per heavy atom. The fourth-order valence-corrected chi connectivity index (χ4v) is 3.64. The summed E-state index contributed by atoms with van der Waals surface area (Å²) in [6.45, 7) is 7.32. The molecular formula is C15H31N3. The molecule has 2 fully saturated rings. The Morgan fingerprint density at radius 3 is 2.44 bits per heavy atom. The van der Waals surface area contributed by atoms with Crippen LogP contribution in [0.15, 0.2) is 0 Å². The Kier molecular flexibility index (Phi) is 5.46. The van der Waals surface area contributed by atoms with Crippen molar-refractivity contribution in [3.8, 4) is 0 Å². The fourth-order valence-electron chi connectivity index (χ4n) is 3.64. The lowest BCUT2D eigenvalue weighted by Crippen LogP contribution is -2.38. The Labute approximate surface area is 113 Å². The molecule has 3 nitrogen and oxygen atoms in total. The van der Waals surface area contributed by atoms with Crippen LogP contribution in [-0.4, -0.2) is 62.2 Å². The van der Waals surface area contributed by atoms with E-state index in [9.17, 15) is 0 Å². The Morgan fingerprint density at radius 2 is 1.83 bits per heavy atom. The van der Waals surface area contributed by atoms with Crippen LogP contribution in [0.5, 0.6) is 0 Å². The molecule has 2 atom stereocenters. The van der Waals surface area contributed by atoms with E-state index in [0.717, 1.165) is 18.0 Å². The molecule has 1 saturated carbocycles. The van der Waals surface area contributed by atoms with Gasteiger partial charge in [-0.15, -0.1) is 0 Å². The minimum absolute atomic E-state index is 0.750. The minimum Gasteiger partial charge on any atom is -0.313 e. The van der Waals surface area contributed by atoms with Crippen molar-refractivity contribution in [2.75, 3.05) is 40.3 Å². The number of hydrogen-bond acceptors (Lipinski definition) is 3. The molecule has 106 valence electrons. The lowest BCUT2D eigenvalue weighted by atomic mass is 9.95. The topological polar surface area (TPSA) is 18.5 Å². The summed E-state index contributed by atoms with van der Waals surface area (Å²) in [5, 5.41) is 3.75. The predicted octanol–water partition coefficient (Wildman–Crippen LogP) is 1.79. The van der Waals surface area contributed by atoms with E-state index in [-0.39, 0.29) is 0 Å². The molecule has 18 heavy (non-hydrogen) atoms.